The van der Waals surface area contributed by atoms with Gasteiger partial charge in [0, 0.05) is 29.5 Å². The van der Waals surface area contributed by atoms with Crippen molar-refractivity contribution < 1.29 is 4.57 Å². The van der Waals surface area contributed by atoms with Crippen molar-refractivity contribution in [3.05, 3.63) is 66.7 Å². The normalized spacial score (nSPS) is 10.5. The van der Waals surface area contributed by atoms with Crippen molar-refractivity contribution in [3.8, 4) is 22.5 Å². The first-order chi connectivity index (χ1) is 9.75. The lowest BCUT2D eigenvalue weighted by Gasteiger charge is -2.07. The highest BCUT2D eigenvalue weighted by atomic mass is 14.9. The van der Waals surface area contributed by atoms with Gasteiger partial charge in [0.15, 0.2) is 6.20 Å². The van der Waals surface area contributed by atoms with Crippen LogP contribution in [-0.4, -0.2) is 9.97 Å². The van der Waals surface area contributed by atoms with E-state index in [-0.39, 0.29) is 0 Å². The zero-order valence-electron chi connectivity index (χ0n) is 11.6. The third-order valence-corrected chi connectivity index (χ3v) is 3.43. The maximum absolute atomic E-state index is 4.29. The number of nitrogens with zero attached hydrogens (tertiary/aromatic N) is 3. The molecule has 0 unspecified atom stereocenters. The monoisotopic (exact) mass is 262 g/mol. The molecule has 3 aromatic rings. The Labute approximate surface area is 118 Å². The fourth-order valence-electron chi connectivity index (χ4n) is 2.37. The largest absolute Gasteiger partial charge is 0.245 e. The van der Waals surface area contributed by atoms with Crippen molar-refractivity contribution in [2.45, 2.75) is 6.92 Å². The molecule has 0 radical (unpaired) electrons. The average Bonchev–Trinajstić information content (AvgIpc) is 2.49. The van der Waals surface area contributed by atoms with Gasteiger partial charge in [-0.3, -0.25) is 0 Å². The van der Waals surface area contributed by atoms with E-state index in [1.165, 1.54) is 16.8 Å². The Balaban J connectivity index is 2.07. The summed E-state index contributed by atoms with van der Waals surface area (Å²) in [6.45, 7) is 2.13. The molecule has 0 amide bonds. The number of benzene rings is 1. The van der Waals surface area contributed by atoms with Crippen LogP contribution in [0.5, 0.6) is 0 Å². The molecule has 0 atom stereocenters. The van der Waals surface area contributed by atoms with E-state index in [1.54, 1.807) is 12.5 Å². The standard InChI is InChI=1S/C17H16N3/c1-13-11-14(16-8-9-18-12-19-16)6-7-15(13)17-5-3-4-10-20(17)2/h3-12H,1-2H3/q+1. The second kappa shape index (κ2) is 5.21. The predicted octanol–water partition coefficient (Wildman–Crippen LogP) is 2.94. The van der Waals surface area contributed by atoms with Gasteiger partial charge in [0.1, 0.15) is 13.4 Å². The van der Waals surface area contributed by atoms with Crippen LogP contribution < -0.4 is 4.57 Å². The number of hydrogen-bond acceptors (Lipinski definition) is 2. The zero-order valence-corrected chi connectivity index (χ0v) is 11.6. The van der Waals surface area contributed by atoms with Gasteiger partial charge < -0.3 is 0 Å². The van der Waals surface area contributed by atoms with Crippen molar-refractivity contribution in [3.63, 3.8) is 0 Å². The Morgan fingerprint density at radius 2 is 1.95 bits per heavy atom. The minimum absolute atomic E-state index is 0.951. The third kappa shape index (κ3) is 2.30. The number of aryl methyl sites for hydroxylation is 2. The Morgan fingerprint density at radius 1 is 1.05 bits per heavy atom. The summed E-state index contributed by atoms with van der Waals surface area (Å²) in [7, 11) is 2.06. The summed E-state index contributed by atoms with van der Waals surface area (Å²) in [5.41, 5.74) is 5.76. The van der Waals surface area contributed by atoms with Crippen molar-refractivity contribution in [1.82, 2.24) is 9.97 Å². The molecule has 3 rings (SSSR count). The first-order valence-corrected chi connectivity index (χ1v) is 6.58. The number of hydrogen-bond donors (Lipinski definition) is 0. The average molecular weight is 262 g/mol. The first kappa shape index (κ1) is 12.5. The summed E-state index contributed by atoms with van der Waals surface area (Å²) < 4.78 is 2.13. The molecule has 0 aliphatic rings. The summed E-state index contributed by atoms with van der Waals surface area (Å²) in [5, 5.41) is 0. The second-order valence-electron chi connectivity index (χ2n) is 4.82. The lowest BCUT2D eigenvalue weighted by molar-refractivity contribution is -0.660. The van der Waals surface area contributed by atoms with Crippen LogP contribution in [0.2, 0.25) is 0 Å². The smallest absolute Gasteiger partial charge is 0.212 e. The summed E-state index contributed by atoms with van der Waals surface area (Å²) in [6, 6.07) is 14.6. The van der Waals surface area contributed by atoms with E-state index in [0.717, 1.165) is 11.3 Å². The van der Waals surface area contributed by atoms with Gasteiger partial charge in [0.2, 0.25) is 5.69 Å². The molecule has 0 N–H and O–H groups in total. The summed E-state index contributed by atoms with van der Waals surface area (Å²) >= 11 is 0. The number of rotatable bonds is 2. The van der Waals surface area contributed by atoms with Crippen LogP contribution in [0, 0.1) is 6.92 Å². The summed E-state index contributed by atoms with van der Waals surface area (Å²) in [5.74, 6) is 0. The number of aromatic nitrogens is 3. The van der Waals surface area contributed by atoms with Crippen LogP contribution in [-0.2, 0) is 7.05 Å². The van der Waals surface area contributed by atoms with Gasteiger partial charge in [0.25, 0.3) is 0 Å². The molecule has 0 saturated carbocycles. The molecule has 3 heteroatoms. The molecule has 0 spiro atoms. The van der Waals surface area contributed by atoms with Gasteiger partial charge in [-0.1, -0.05) is 6.07 Å². The van der Waals surface area contributed by atoms with Crippen molar-refractivity contribution in [1.29, 1.82) is 0 Å². The molecule has 98 valence electrons. The molecular formula is C17H16N3+. The molecule has 0 fully saturated rings. The van der Waals surface area contributed by atoms with Gasteiger partial charge in [-0.15, -0.1) is 0 Å². The maximum Gasteiger partial charge on any atom is 0.212 e. The highest BCUT2D eigenvalue weighted by Gasteiger charge is 2.12. The topological polar surface area (TPSA) is 29.7 Å². The van der Waals surface area contributed by atoms with Crippen LogP contribution in [0.15, 0.2) is 61.2 Å². The lowest BCUT2D eigenvalue weighted by atomic mass is 10.0. The van der Waals surface area contributed by atoms with Gasteiger partial charge >= 0.3 is 0 Å². The first-order valence-electron chi connectivity index (χ1n) is 6.58. The van der Waals surface area contributed by atoms with Crippen LogP contribution in [0.25, 0.3) is 22.5 Å². The van der Waals surface area contributed by atoms with Crippen molar-refractivity contribution >= 4 is 0 Å². The fraction of sp³-hybridized carbons (Fsp3) is 0.118. The Bertz CT molecular complexity index is 736. The van der Waals surface area contributed by atoms with E-state index in [9.17, 15) is 0 Å². The fourth-order valence-corrected chi connectivity index (χ4v) is 2.37. The molecule has 2 heterocycles. The van der Waals surface area contributed by atoms with Gasteiger partial charge in [-0.25, -0.2) is 14.5 Å². The summed E-state index contributed by atoms with van der Waals surface area (Å²) in [4.78, 5) is 8.25. The van der Waals surface area contributed by atoms with E-state index in [2.05, 4.69) is 65.0 Å². The second-order valence-corrected chi connectivity index (χ2v) is 4.82. The highest BCUT2D eigenvalue weighted by Crippen LogP contribution is 2.25. The quantitative estimate of drug-likeness (QED) is 0.665. The minimum Gasteiger partial charge on any atom is -0.245 e. The molecule has 0 aliphatic heterocycles. The highest BCUT2D eigenvalue weighted by molar-refractivity contribution is 5.68. The molecule has 0 saturated heterocycles. The number of pyridine rings is 1. The predicted molar refractivity (Wildman–Crippen MR) is 78.8 cm³/mol. The molecule has 1 aromatic carbocycles. The van der Waals surface area contributed by atoms with Crippen LogP contribution in [0.3, 0.4) is 0 Å². The van der Waals surface area contributed by atoms with Crippen molar-refractivity contribution in [2.75, 3.05) is 0 Å². The van der Waals surface area contributed by atoms with Crippen LogP contribution in [0.1, 0.15) is 5.56 Å². The summed E-state index contributed by atoms with van der Waals surface area (Å²) in [6.07, 6.45) is 5.41. The van der Waals surface area contributed by atoms with Crippen LogP contribution >= 0.6 is 0 Å². The van der Waals surface area contributed by atoms with E-state index in [0.29, 0.717) is 0 Å². The van der Waals surface area contributed by atoms with Gasteiger partial charge in [-0.2, -0.15) is 0 Å². The molecule has 2 aromatic heterocycles. The molecule has 0 bridgehead atoms. The van der Waals surface area contributed by atoms with Crippen molar-refractivity contribution in [2.24, 2.45) is 7.05 Å². The van der Waals surface area contributed by atoms with E-state index >= 15 is 0 Å². The van der Waals surface area contributed by atoms with E-state index in [4.69, 9.17) is 0 Å². The Morgan fingerprint density at radius 3 is 2.65 bits per heavy atom. The molecule has 3 nitrogen and oxygen atoms in total. The lowest BCUT2D eigenvalue weighted by Crippen LogP contribution is -2.30. The third-order valence-electron chi connectivity index (χ3n) is 3.43. The molecule has 20 heavy (non-hydrogen) atoms. The molecule has 0 aliphatic carbocycles. The zero-order chi connectivity index (χ0) is 13.9. The maximum atomic E-state index is 4.29. The minimum atomic E-state index is 0.951. The van der Waals surface area contributed by atoms with Gasteiger partial charge in [-0.05, 0) is 36.8 Å². The SMILES string of the molecule is Cc1cc(-c2ccncn2)ccc1-c1cccc[n+]1C. The van der Waals surface area contributed by atoms with Gasteiger partial charge in [0.05, 0.1) is 5.69 Å². The van der Waals surface area contributed by atoms with Crippen LogP contribution in [0.4, 0.5) is 0 Å². The molecular weight excluding hydrogens is 246 g/mol. The van der Waals surface area contributed by atoms with E-state index < -0.39 is 0 Å². The van der Waals surface area contributed by atoms with E-state index in [1.807, 2.05) is 12.1 Å². The Hall–Kier alpha value is -2.55. The Kier molecular flexibility index (Phi) is 3.25.